The number of hydrogen-bond acceptors (Lipinski definition) is 3. The number of benzene rings is 3. The van der Waals surface area contributed by atoms with E-state index in [1.165, 1.54) is 17.6 Å². The minimum Gasteiger partial charge on any atom is -0.494 e. The molecule has 0 aliphatic heterocycles. The van der Waals surface area contributed by atoms with Crippen LogP contribution in [-0.4, -0.2) is 41.7 Å². The lowest BCUT2D eigenvalue weighted by molar-refractivity contribution is -0.123. The van der Waals surface area contributed by atoms with Crippen LogP contribution >= 0.6 is 0 Å². The van der Waals surface area contributed by atoms with Crippen molar-refractivity contribution in [1.29, 1.82) is 0 Å². The van der Waals surface area contributed by atoms with Crippen LogP contribution in [0, 0.1) is 11.9 Å². The summed E-state index contributed by atoms with van der Waals surface area (Å²) in [6.07, 6.45) is 9.77. The Hall–Kier alpha value is -4.19. The van der Waals surface area contributed by atoms with E-state index in [2.05, 4.69) is 46.6 Å². The number of unbranched alkanes of at least 4 members (excludes halogenated alkanes) is 2. The molecule has 0 atom stereocenters. The van der Waals surface area contributed by atoms with Gasteiger partial charge in [0.05, 0.1) is 17.5 Å². The molecule has 5 nitrogen and oxygen atoms in total. The highest BCUT2D eigenvalue weighted by atomic mass is 19.1. The maximum absolute atomic E-state index is 14.5. The molecule has 206 valence electrons. The van der Waals surface area contributed by atoms with Gasteiger partial charge >= 0.3 is 0 Å². The van der Waals surface area contributed by atoms with E-state index in [9.17, 15) is 9.18 Å². The standard InChI is InChI=1S/C34H36FN3O2/c1-38(2)31(39)15-8-3-4-9-22-40-28-19-16-26(17-20-28)33(27-18-21-30-29(23-27)34(35)37-36-30)32(25-13-10-14-25)24-11-6-5-7-12-24/h5-8,11-12,15-21,23,25H,3-4,9-10,13-14,22H2,1-2H3,(H,36,37)/b15-8+,33-32-. The summed E-state index contributed by atoms with van der Waals surface area (Å²) in [6.45, 7) is 0.616. The molecule has 1 amide bonds. The molecule has 1 aromatic heterocycles. The Bertz CT molecular complexity index is 1500. The topological polar surface area (TPSA) is 58.2 Å². The van der Waals surface area contributed by atoms with Crippen molar-refractivity contribution in [2.45, 2.75) is 38.5 Å². The Balaban J connectivity index is 1.39. The van der Waals surface area contributed by atoms with Gasteiger partial charge < -0.3 is 9.64 Å². The summed E-state index contributed by atoms with van der Waals surface area (Å²) < 4.78 is 20.5. The van der Waals surface area contributed by atoms with Crippen LogP contribution in [0.2, 0.25) is 0 Å². The van der Waals surface area contributed by atoms with Crippen molar-refractivity contribution in [2.75, 3.05) is 20.7 Å². The van der Waals surface area contributed by atoms with E-state index in [-0.39, 0.29) is 5.91 Å². The predicted molar refractivity (Wildman–Crippen MR) is 159 cm³/mol. The number of nitrogens with zero attached hydrogens (tertiary/aromatic N) is 2. The van der Waals surface area contributed by atoms with Crippen LogP contribution < -0.4 is 4.74 Å². The molecule has 0 spiro atoms. The smallest absolute Gasteiger partial charge is 0.245 e. The summed E-state index contributed by atoms with van der Waals surface area (Å²) in [5.74, 6) is 0.875. The normalized spacial score (nSPS) is 14.3. The number of H-pyrrole nitrogens is 1. The molecule has 0 unspecified atom stereocenters. The third-order valence-electron chi connectivity index (χ3n) is 7.54. The van der Waals surface area contributed by atoms with Crippen molar-refractivity contribution in [3.05, 3.63) is 108 Å². The summed E-state index contributed by atoms with van der Waals surface area (Å²) in [5.41, 5.74) is 6.32. The van der Waals surface area contributed by atoms with Gasteiger partial charge in [-0.15, -0.1) is 0 Å². The molecule has 6 heteroatoms. The Labute approximate surface area is 235 Å². The predicted octanol–water partition coefficient (Wildman–Crippen LogP) is 7.65. The molecular formula is C34H36FN3O2. The molecule has 40 heavy (non-hydrogen) atoms. The van der Waals surface area contributed by atoms with Gasteiger partial charge in [0, 0.05) is 14.1 Å². The van der Waals surface area contributed by atoms with E-state index in [4.69, 9.17) is 4.74 Å². The molecule has 4 aromatic rings. The lowest BCUT2D eigenvalue weighted by atomic mass is 9.73. The number of nitrogens with one attached hydrogen (secondary N) is 1. The zero-order valence-corrected chi connectivity index (χ0v) is 23.2. The number of aromatic amines is 1. The number of likely N-dealkylation sites (N-methyl/N-ethyl adjacent to an activating group) is 1. The molecule has 1 aliphatic carbocycles. The zero-order chi connectivity index (χ0) is 27.9. The van der Waals surface area contributed by atoms with Crippen LogP contribution in [0.5, 0.6) is 5.75 Å². The maximum atomic E-state index is 14.5. The minimum absolute atomic E-state index is 0.00677. The highest BCUT2D eigenvalue weighted by Crippen LogP contribution is 2.45. The van der Waals surface area contributed by atoms with E-state index >= 15 is 0 Å². The van der Waals surface area contributed by atoms with Gasteiger partial charge in [0.15, 0.2) is 0 Å². The van der Waals surface area contributed by atoms with E-state index in [0.717, 1.165) is 54.6 Å². The van der Waals surface area contributed by atoms with Gasteiger partial charge in [-0.3, -0.25) is 9.89 Å². The fourth-order valence-electron chi connectivity index (χ4n) is 5.12. The van der Waals surface area contributed by atoms with Crippen LogP contribution in [0.1, 0.15) is 55.2 Å². The number of amides is 1. The molecule has 1 N–H and O–H groups in total. The minimum atomic E-state index is -0.412. The molecule has 0 saturated heterocycles. The number of rotatable bonds is 11. The third kappa shape index (κ3) is 6.33. The summed E-state index contributed by atoms with van der Waals surface area (Å²) in [7, 11) is 3.50. The first-order valence-corrected chi connectivity index (χ1v) is 14.1. The van der Waals surface area contributed by atoms with Gasteiger partial charge in [-0.2, -0.15) is 9.49 Å². The van der Waals surface area contributed by atoms with Crippen molar-refractivity contribution in [3.63, 3.8) is 0 Å². The van der Waals surface area contributed by atoms with Gasteiger partial charge in [0.2, 0.25) is 11.9 Å². The number of carbonyl (C=O) groups excluding carboxylic acids is 1. The van der Waals surface area contributed by atoms with Crippen LogP contribution in [0.15, 0.2) is 84.9 Å². The lowest BCUT2D eigenvalue weighted by Crippen LogP contribution is -2.18. The van der Waals surface area contributed by atoms with E-state index in [1.807, 2.05) is 42.5 Å². The van der Waals surface area contributed by atoms with Crippen molar-refractivity contribution >= 4 is 28.0 Å². The maximum Gasteiger partial charge on any atom is 0.245 e. The molecule has 1 saturated carbocycles. The van der Waals surface area contributed by atoms with E-state index < -0.39 is 5.95 Å². The highest BCUT2D eigenvalue weighted by molar-refractivity contribution is 6.01. The second-order valence-electron chi connectivity index (χ2n) is 10.6. The first-order valence-electron chi connectivity index (χ1n) is 14.1. The molecule has 0 bridgehead atoms. The fourth-order valence-corrected chi connectivity index (χ4v) is 5.12. The summed E-state index contributed by atoms with van der Waals surface area (Å²) in [4.78, 5) is 13.2. The lowest BCUT2D eigenvalue weighted by Gasteiger charge is -2.31. The number of hydrogen-bond donors (Lipinski definition) is 1. The number of fused-ring (bicyclic) bond motifs is 1. The second kappa shape index (κ2) is 12.8. The number of aromatic nitrogens is 2. The quantitative estimate of drug-likeness (QED) is 0.121. The Kier molecular flexibility index (Phi) is 8.74. The van der Waals surface area contributed by atoms with Gasteiger partial charge in [-0.25, -0.2) is 0 Å². The average molecular weight is 538 g/mol. The van der Waals surface area contributed by atoms with Crippen LogP contribution in [0.4, 0.5) is 4.39 Å². The summed E-state index contributed by atoms with van der Waals surface area (Å²) in [6, 6.07) is 24.7. The summed E-state index contributed by atoms with van der Waals surface area (Å²) >= 11 is 0. The third-order valence-corrected chi connectivity index (χ3v) is 7.54. The molecular weight excluding hydrogens is 501 g/mol. The fraction of sp³-hybridized carbons (Fsp3) is 0.294. The Morgan fingerprint density at radius 3 is 2.45 bits per heavy atom. The van der Waals surface area contributed by atoms with Crippen molar-refractivity contribution < 1.29 is 13.9 Å². The largest absolute Gasteiger partial charge is 0.494 e. The van der Waals surface area contributed by atoms with Gasteiger partial charge in [-0.1, -0.05) is 61.0 Å². The first-order chi connectivity index (χ1) is 19.5. The van der Waals surface area contributed by atoms with Crippen LogP contribution in [0.25, 0.3) is 22.0 Å². The van der Waals surface area contributed by atoms with Crippen molar-refractivity contribution in [1.82, 2.24) is 15.1 Å². The molecule has 1 aliphatic rings. The Morgan fingerprint density at radius 2 is 1.75 bits per heavy atom. The highest BCUT2D eigenvalue weighted by Gasteiger charge is 2.27. The number of ether oxygens (including phenoxy) is 1. The zero-order valence-electron chi connectivity index (χ0n) is 23.2. The average Bonchev–Trinajstić information content (AvgIpc) is 3.32. The second-order valence-corrected chi connectivity index (χ2v) is 10.6. The first kappa shape index (κ1) is 27.4. The molecule has 1 fully saturated rings. The van der Waals surface area contributed by atoms with E-state index in [1.54, 1.807) is 25.1 Å². The van der Waals surface area contributed by atoms with Gasteiger partial charge in [0.25, 0.3) is 0 Å². The van der Waals surface area contributed by atoms with E-state index in [0.29, 0.717) is 23.4 Å². The molecule has 5 rings (SSSR count). The van der Waals surface area contributed by atoms with Gasteiger partial charge in [-0.05, 0) is 96.2 Å². The molecule has 3 aromatic carbocycles. The van der Waals surface area contributed by atoms with Crippen molar-refractivity contribution in [2.24, 2.45) is 5.92 Å². The number of halogens is 1. The van der Waals surface area contributed by atoms with Crippen molar-refractivity contribution in [3.8, 4) is 5.75 Å². The SMILES string of the molecule is CN(C)C(=O)/C=C/CCCCOc1ccc(/C(=C(\c2ccccc2)C2CCC2)c2ccc3n[nH]c(F)c3c2)cc1. The molecule has 1 heterocycles. The number of allylic oxidation sites excluding steroid dienone is 2. The monoisotopic (exact) mass is 537 g/mol. The van der Waals surface area contributed by atoms with Gasteiger partial charge in [0.1, 0.15) is 5.75 Å². The number of carbonyl (C=O) groups is 1. The van der Waals surface area contributed by atoms with Crippen LogP contribution in [0.3, 0.4) is 0 Å². The van der Waals surface area contributed by atoms with Crippen LogP contribution in [-0.2, 0) is 4.79 Å². The summed E-state index contributed by atoms with van der Waals surface area (Å²) in [5, 5.41) is 7.05. The Morgan fingerprint density at radius 1 is 1.00 bits per heavy atom. The molecule has 0 radical (unpaired) electrons.